The molecular formula is C25H25FN2O2. The van der Waals surface area contributed by atoms with Crippen LogP contribution in [0.3, 0.4) is 0 Å². The molecule has 5 rings (SSSR count). The first-order chi connectivity index (χ1) is 14.4. The molecule has 1 amide bonds. The molecule has 0 aliphatic carbocycles. The summed E-state index contributed by atoms with van der Waals surface area (Å²) in [5.41, 5.74) is 4.33. The number of amides is 1. The Morgan fingerprint density at radius 3 is 2.57 bits per heavy atom. The maximum absolute atomic E-state index is 13.8. The predicted molar refractivity (Wildman–Crippen MR) is 116 cm³/mol. The van der Waals surface area contributed by atoms with E-state index in [1.807, 2.05) is 19.9 Å². The number of benzene rings is 2. The summed E-state index contributed by atoms with van der Waals surface area (Å²) in [6.45, 7) is 7.31. The number of hydrogen-bond donors (Lipinski definition) is 1. The molecule has 3 heterocycles. The van der Waals surface area contributed by atoms with Gasteiger partial charge in [0, 0.05) is 23.4 Å². The number of halogens is 1. The first-order valence-electron chi connectivity index (χ1n) is 10.5. The predicted octanol–water partition coefficient (Wildman–Crippen LogP) is 4.98. The lowest BCUT2D eigenvalue weighted by atomic mass is 9.91. The van der Waals surface area contributed by atoms with Crippen LogP contribution in [0.4, 0.5) is 10.1 Å². The minimum atomic E-state index is -0.588. The highest BCUT2D eigenvalue weighted by atomic mass is 19.1. The second kappa shape index (κ2) is 7.10. The average Bonchev–Trinajstić information content (AvgIpc) is 3.39. The van der Waals surface area contributed by atoms with Crippen molar-refractivity contribution in [2.75, 3.05) is 18.4 Å². The number of ether oxygens (including phenoxy) is 1. The number of nitrogens with zero attached hydrogens (tertiary/aromatic N) is 1. The summed E-state index contributed by atoms with van der Waals surface area (Å²) >= 11 is 0. The van der Waals surface area contributed by atoms with E-state index in [2.05, 4.69) is 34.5 Å². The summed E-state index contributed by atoms with van der Waals surface area (Å²) in [6, 6.07) is 12.9. The molecule has 0 saturated carbocycles. The molecule has 0 spiro atoms. The van der Waals surface area contributed by atoms with Gasteiger partial charge in [-0.15, -0.1) is 0 Å². The SMILES string of the molecule is CC1(C)OC(=C2C(=O)Nc3ccc(F)cc32)C=C1c1ccc(CN2CCCC2)cc1. The van der Waals surface area contributed by atoms with Crippen LogP contribution >= 0.6 is 0 Å². The topological polar surface area (TPSA) is 41.6 Å². The minimum Gasteiger partial charge on any atom is -0.482 e. The number of carbonyl (C=O) groups is 1. The molecule has 0 radical (unpaired) electrons. The van der Waals surface area contributed by atoms with E-state index in [9.17, 15) is 9.18 Å². The standard InChI is InChI=1S/C25H25FN2O2/c1-25(2)20(17-7-5-16(6-8-17)15-28-11-3-4-12-28)14-22(30-25)23-19-13-18(26)9-10-21(19)27-24(23)29/h5-10,13-14H,3-4,11-12,15H2,1-2H3,(H,27,29). The third-order valence-corrected chi connectivity index (χ3v) is 6.13. The molecule has 3 aliphatic heterocycles. The van der Waals surface area contributed by atoms with Gasteiger partial charge < -0.3 is 10.1 Å². The molecule has 4 nitrogen and oxygen atoms in total. The second-order valence-corrected chi connectivity index (χ2v) is 8.73. The van der Waals surface area contributed by atoms with Crippen LogP contribution in [0, 0.1) is 5.82 Å². The van der Waals surface area contributed by atoms with Gasteiger partial charge in [0.05, 0.1) is 5.57 Å². The lowest BCUT2D eigenvalue weighted by Gasteiger charge is -2.24. The Kier molecular flexibility index (Phi) is 4.51. The zero-order valence-corrected chi connectivity index (χ0v) is 17.3. The first-order valence-corrected chi connectivity index (χ1v) is 10.5. The van der Waals surface area contributed by atoms with Crippen molar-refractivity contribution in [3.63, 3.8) is 0 Å². The molecule has 0 unspecified atom stereocenters. The molecule has 5 heteroatoms. The van der Waals surface area contributed by atoms with Gasteiger partial charge >= 0.3 is 0 Å². The van der Waals surface area contributed by atoms with E-state index in [-0.39, 0.29) is 11.7 Å². The Morgan fingerprint density at radius 2 is 1.83 bits per heavy atom. The van der Waals surface area contributed by atoms with Crippen LogP contribution in [0.25, 0.3) is 11.1 Å². The largest absolute Gasteiger partial charge is 0.482 e. The van der Waals surface area contributed by atoms with Crippen molar-refractivity contribution >= 4 is 22.7 Å². The van der Waals surface area contributed by atoms with Crippen molar-refractivity contribution in [1.29, 1.82) is 0 Å². The van der Waals surface area contributed by atoms with E-state index in [4.69, 9.17) is 4.74 Å². The van der Waals surface area contributed by atoms with Crippen LogP contribution in [0.15, 0.2) is 54.3 Å². The van der Waals surface area contributed by atoms with Gasteiger partial charge in [-0.1, -0.05) is 24.3 Å². The van der Waals surface area contributed by atoms with Crippen molar-refractivity contribution in [1.82, 2.24) is 4.90 Å². The maximum Gasteiger partial charge on any atom is 0.260 e. The highest BCUT2D eigenvalue weighted by molar-refractivity contribution is 6.32. The van der Waals surface area contributed by atoms with Gasteiger partial charge in [-0.25, -0.2) is 4.39 Å². The van der Waals surface area contributed by atoms with Gasteiger partial charge in [-0.3, -0.25) is 9.69 Å². The number of hydrogen-bond acceptors (Lipinski definition) is 3. The first kappa shape index (κ1) is 19.1. The Balaban J connectivity index is 1.49. The molecule has 1 N–H and O–H groups in total. The Hall–Kier alpha value is -2.92. The van der Waals surface area contributed by atoms with Crippen LogP contribution in [0.5, 0.6) is 0 Å². The highest BCUT2D eigenvalue weighted by Gasteiger charge is 2.38. The summed E-state index contributed by atoms with van der Waals surface area (Å²) < 4.78 is 20.0. The summed E-state index contributed by atoms with van der Waals surface area (Å²) in [5.74, 6) is -0.156. The van der Waals surface area contributed by atoms with Crippen LogP contribution in [-0.4, -0.2) is 29.5 Å². The molecule has 1 saturated heterocycles. The van der Waals surface area contributed by atoms with Crippen molar-refractivity contribution < 1.29 is 13.9 Å². The van der Waals surface area contributed by atoms with E-state index in [0.29, 0.717) is 22.6 Å². The smallest absolute Gasteiger partial charge is 0.260 e. The number of carbonyl (C=O) groups excluding carboxylic acids is 1. The van der Waals surface area contributed by atoms with Crippen molar-refractivity contribution in [3.05, 3.63) is 76.8 Å². The van der Waals surface area contributed by atoms with Gasteiger partial charge in [0.25, 0.3) is 5.91 Å². The van der Waals surface area contributed by atoms with E-state index in [1.165, 1.54) is 43.6 Å². The summed E-state index contributed by atoms with van der Waals surface area (Å²) in [5, 5.41) is 2.80. The Bertz CT molecular complexity index is 1080. The molecule has 0 atom stereocenters. The monoisotopic (exact) mass is 404 g/mol. The Morgan fingerprint density at radius 1 is 1.10 bits per heavy atom. The highest BCUT2D eigenvalue weighted by Crippen LogP contribution is 2.44. The summed E-state index contributed by atoms with van der Waals surface area (Å²) in [6.07, 6.45) is 4.49. The number of nitrogens with one attached hydrogen (secondary N) is 1. The molecule has 2 aromatic carbocycles. The van der Waals surface area contributed by atoms with E-state index in [1.54, 1.807) is 6.07 Å². The third-order valence-electron chi connectivity index (χ3n) is 6.13. The Labute approximate surface area is 176 Å². The zero-order valence-electron chi connectivity index (χ0n) is 17.3. The van der Waals surface area contributed by atoms with E-state index < -0.39 is 5.60 Å². The molecule has 2 aromatic rings. The van der Waals surface area contributed by atoms with Gasteiger partial charge in [0.15, 0.2) is 0 Å². The van der Waals surface area contributed by atoms with Crippen LogP contribution in [-0.2, 0) is 16.1 Å². The second-order valence-electron chi connectivity index (χ2n) is 8.73. The zero-order chi connectivity index (χ0) is 20.9. The average molecular weight is 404 g/mol. The normalized spacial score (nSPS) is 22.6. The minimum absolute atomic E-state index is 0.264. The van der Waals surface area contributed by atoms with Gasteiger partial charge in [0.2, 0.25) is 0 Å². The fraction of sp³-hybridized carbons (Fsp3) is 0.320. The molecule has 30 heavy (non-hydrogen) atoms. The fourth-order valence-corrected chi connectivity index (χ4v) is 4.59. The molecular weight excluding hydrogens is 379 g/mol. The lowest BCUT2D eigenvalue weighted by molar-refractivity contribution is -0.111. The van der Waals surface area contributed by atoms with Gasteiger partial charge in [0.1, 0.15) is 17.2 Å². The van der Waals surface area contributed by atoms with Gasteiger partial charge in [-0.2, -0.15) is 0 Å². The maximum atomic E-state index is 13.8. The quantitative estimate of drug-likeness (QED) is 0.734. The molecule has 0 bridgehead atoms. The number of likely N-dealkylation sites (tertiary alicyclic amines) is 1. The molecule has 3 aliphatic rings. The number of anilines is 1. The number of fused-ring (bicyclic) bond motifs is 1. The summed E-state index contributed by atoms with van der Waals surface area (Å²) in [7, 11) is 0. The van der Waals surface area contributed by atoms with Crippen molar-refractivity contribution in [3.8, 4) is 0 Å². The number of allylic oxidation sites excluding steroid dienone is 1. The van der Waals surface area contributed by atoms with Crippen LogP contribution < -0.4 is 5.32 Å². The van der Waals surface area contributed by atoms with Gasteiger partial charge in [-0.05, 0) is 75.2 Å². The van der Waals surface area contributed by atoms with Crippen molar-refractivity contribution in [2.24, 2.45) is 0 Å². The van der Waals surface area contributed by atoms with Crippen LogP contribution in [0.1, 0.15) is 43.4 Å². The molecule has 0 aromatic heterocycles. The fourth-order valence-electron chi connectivity index (χ4n) is 4.59. The van der Waals surface area contributed by atoms with Crippen molar-refractivity contribution in [2.45, 2.75) is 38.8 Å². The number of rotatable bonds is 3. The summed E-state index contributed by atoms with van der Waals surface area (Å²) in [4.78, 5) is 15.1. The van der Waals surface area contributed by atoms with Crippen LogP contribution in [0.2, 0.25) is 0 Å². The van der Waals surface area contributed by atoms with E-state index >= 15 is 0 Å². The molecule has 1 fully saturated rings. The third kappa shape index (κ3) is 3.33. The van der Waals surface area contributed by atoms with E-state index in [0.717, 1.165) is 17.7 Å². The molecule has 154 valence electrons. The lowest BCUT2D eigenvalue weighted by Crippen LogP contribution is -2.21.